The third-order valence-corrected chi connectivity index (χ3v) is 3.52. The minimum absolute atomic E-state index is 0.654. The van der Waals surface area contributed by atoms with Crippen LogP contribution in [0.5, 0.6) is 5.75 Å². The SMILES string of the molecule is BrCc1ccccc1OCc1cccs1. The Hall–Kier alpha value is -0.800. The normalized spacial score (nSPS) is 10.2. The van der Waals surface area contributed by atoms with E-state index in [1.165, 1.54) is 10.4 Å². The molecule has 2 rings (SSSR count). The lowest BCUT2D eigenvalue weighted by molar-refractivity contribution is 0.307. The number of ether oxygens (including phenoxy) is 1. The van der Waals surface area contributed by atoms with E-state index < -0.39 is 0 Å². The van der Waals surface area contributed by atoms with Crippen LogP contribution in [0.1, 0.15) is 10.4 Å². The summed E-state index contributed by atoms with van der Waals surface area (Å²) in [5.74, 6) is 0.961. The van der Waals surface area contributed by atoms with Crippen molar-refractivity contribution >= 4 is 27.3 Å². The highest BCUT2D eigenvalue weighted by molar-refractivity contribution is 9.08. The predicted octanol–water partition coefficient (Wildman–Crippen LogP) is 4.22. The van der Waals surface area contributed by atoms with Gasteiger partial charge in [-0.3, -0.25) is 0 Å². The van der Waals surface area contributed by atoms with Gasteiger partial charge in [0.1, 0.15) is 12.4 Å². The number of benzene rings is 1. The summed E-state index contributed by atoms with van der Waals surface area (Å²) in [5, 5.41) is 2.89. The van der Waals surface area contributed by atoms with E-state index in [9.17, 15) is 0 Å². The Bertz CT molecular complexity index is 411. The van der Waals surface area contributed by atoms with Crippen LogP contribution in [0, 0.1) is 0 Å². The third-order valence-electron chi connectivity index (χ3n) is 2.07. The Morgan fingerprint density at radius 2 is 2.00 bits per heavy atom. The first-order valence-corrected chi connectivity index (χ1v) is 6.69. The molecule has 1 aromatic heterocycles. The van der Waals surface area contributed by atoms with Crippen LogP contribution in [0.15, 0.2) is 41.8 Å². The lowest BCUT2D eigenvalue weighted by atomic mass is 10.2. The third kappa shape index (κ3) is 2.83. The molecule has 0 bridgehead atoms. The summed E-state index contributed by atoms with van der Waals surface area (Å²) in [5.41, 5.74) is 1.19. The molecule has 0 saturated heterocycles. The van der Waals surface area contributed by atoms with Crippen molar-refractivity contribution in [2.75, 3.05) is 0 Å². The fraction of sp³-hybridized carbons (Fsp3) is 0.167. The molecule has 0 unspecified atom stereocenters. The molecular formula is C12H11BrOS. The first-order valence-electron chi connectivity index (χ1n) is 4.69. The Kier molecular flexibility index (Phi) is 3.80. The highest BCUT2D eigenvalue weighted by Gasteiger charge is 2.01. The summed E-state index contributed by atoms with van der Waals surface area (Å²) in [7, 11) is 0. The van der Waals surface area contributed by atoms with E-state index in [4.69, 9.17) is 4.74 Å². The second-order valence-corrected chi connectivity index (χ2v) is 4.70. The lowest BCUT2D eigenvalue weighted by Gasteiger charge is -2.08. The van der Waals surface area contributed by atoms with Crippen LogP contribution in [0.25, 0.3) is 0 Å². The first kappa shape index (κ1) is 10.7. The zero-order valence-electron chi connectivity index (χ0n) is 8.15. The lowest BCUT2D eigenvalue weighted by Crippen LogP contribution is -1.95. The number of hydrogen-bond acceptors (Lipinski definition) is 2. The second kappa shape index (κ2) is 5.33. The van der Waals surface area contributed by atoms with Crippen LogP contribution in [0.2, 0.25) is 0 Å². The number of alkyl halides is 1. The summed E-state index contributed by atoms with van der Waals surface area (Å²) in [6.07, 6.45) is 0. The van der Waals surface area contributed by atoms with Gasteiger partial charge in [0.25, 0.3) is 0 Å². The maximum Gasteiger partial charge on any atom is 0.123 e. The molecule has 0 saturated carbocycles. The Morgan fingerprint density at radius 3 is 2.73 bits per heavy atom. The molecule has 0 amide bonds. The molecule has 0 fully saturated rings. The van der Waals surface area contributed by atoms with Gasteiger partial charge < -0.3 is 4.74 Å². The van der Waals surface area contributed by atoms with Crippen molar-refractivity contribution in [3.05, 3.63) is 52.2 Å². The topological polar surface area (TPSA) is 9.23 Å². The fourth-order valence-electron chi connectivity index (χ4n) is 1.30. The molecule has 0 aliphatic rings. The summed E-state index contributed by atoms with van der Waals surface area (Å²) >= 11 is 5.17. The molecule has 1 heterocycles. The standard InChI is InChI=1S/C12H11BrOS/c13-8-10-4-1-2-6-12(10)14-9-11-5-3-7-15-11/h1-7H,8-9H2. The molecule has 0 N–H and O–H groups in total. The molecule has 2 aromatic rings. The van der Waals surface area contributed by atoms with Gasteiger partial charge in [-0.2, -0.15) is 0 Å². The molecular weight excluding hydrogens is 272 g/mol. The van der Waals surface area contributed by atoms with Crippen LogP contribution in [0.3, 0.4) is 0 Å². The van der Waals surface area contributed by atoms with Gasteiger partial charge in [-0.05, 0) is 17.5 Å². The van der Waals surface area contributed by atoms with Gasteiger partial charge in [0, 0.05) is 15.8 Å². The van der Waals surface area contributed by atoms with E-state index in [0.29, 0.717) is 6.61 Å². The first-order chi connectivity index (χ1) is 7.40. The van der Waals surface area contributed by atoms with E-state index in [1.54, 1.807) is 11.3 Å². The van der Waals surface area contributed by atoms with Crippen LogP contribution >= 0.6 is 27.3 Å². The molecule has 0 radical (unpaired) electrons. The molecule has 1 nitrogen and oxygen atoms in total. The van der Waals surface area contributed by atoms with Crippen LogP contribution < -0.4 is 4.74 Å². The summed E-state index contributed by atoms with van der Waals surface area (Å²) < 4.78 is 5.75. The average molecular weight is 283 g/mol. The highest BCUT2D eigenvalue weighted by Crippen LogP contribution is 2.22. The van der Waals surface area contributed by atoms with Gasteiger partial charge in [0.05, 0.1) is 0 Å². The van der Waals surface area contributed by atoms with Gasteiger partial charge in [0.2, 0.25) is 0 Å². The minimum Gasteiger partial charge on any atom is -0.488 e. The minimum atomic E-state index is 0.654. The van der Waals surface area contributed by atoms with Crippen molar-refractivity contribution < 1.29 is 4.74 Å². The monoisotopic (exact) mass is 282 g/mol. The Morgan fingerprint density at radius 1 is 1.13 bits per heavy atom. The van der Waals surface area contributed by atoms with E-state index in [2.05, 4.69) is 33.4 Å². The van der Waals surface area contributed by atoms with Gasteiger partial charge >= 0.3 is 0 Å². The van der Waals surface area contributed by atoms with Crippen molar-refractivity contribution in [2.45, 2.75) is 11.9 Å². The molecule has 0 aliphatic heterocycles. The number of thiophene rings is 1. The molecule has 78 valence electrons. The Labute approximate surface area is 102 Å². The molecule has 3 heteroatoms. The maximum atomic E-state index is 5.75. The molecule has 15 heavy (non-hydrogen) atoms. The zero-order valence-corrected chi connectivity index (χ0v) is 10.6. The van der Waals surface area contributed by atoms with Crippen molar-refractivity contribution in [3.63, 3.8) is 0 Å². The number of halogens is 1. The second-order valence-electron chi connectivity index (χ2n) is 3.11. The highest BCUT2D eigenvalue weighted by atomic mass is 79.9. The quantitative estimate of drug-likeness (QED) is 0.763. The molecule has 0 aliphatic carbocycles. The zero-order chi connectivity index (χ0) is 10.5. The summed E-state index contributed by atoms with van der Waals surface area (Å²) in [6.45, 7) is 0.654. The Balaban J connectivity index is 2.04. The number of rotatable bonds is 4. The van der Waals surface area contributed by atoms with Gasteiger partial charge in [0.15, 0.2) is 0 Å². The van der Waals surface area contributed by atoms with E-state index >= 15 is 0 Å². The van der Waals surface area contributed by atoms with E-state index in [1.807, 2.05) is 24.3 Å². The van der Waals surface area contributed by atoms with Crippen molar-refractivity contribution in [1.82, 2.24) is 0 Å². The fourth-order valence-corrected chi connectivity index (χ4v) is 2.38. The van der Waals surface area contributed by atoms with Crippen molar-refractivity contribution in [2.24, 2.45) is 0 Å². The van der Waals surface area contributed by atoms with Gasteiger partial charge in [-0.15, -0.1) is 11.3 Å². The van der Waals surface area contributed by atoms with Crippen LogP contribution in [-0.4, -0.2) is 0 Å². The average Bonchev–Trinajstić information content (AvgIpc) is 2.79. The van der Waals surface area contributed by atoms with E-state index in [0.717, 1.165) is 11.1 Å². The molecule has 0 atom stereocenters. The number of para-hydroxylation sites is 1. The molecule has 1 aromatic carbocycles. The maximum absolute atomic E-state index is 5.75. The van der Waals surface area contributed by atoms with Crippen molar-refractivity contribution in [1.29, 1.82) is 0 Å². The smallest absolute Gasteiger partial charge is 0.123 e. The predicted molar refractivity (Wildman–Crippen MR) is 67.7 cm³/mol. The van der Waals surface area contributed by atoms with Gasteiger partial charge in [-0.25, -0.2) is 0 Å². The molecule has 0 spiro atoms. The summed E-state index contributed by atoms with van der Waals surface area (Å²) in [4.78, 5) is 1.25. The van der Waals surface area contributed by atoms with Crippen LogP contribution in [-0.2, 0) is 11.9 Å². The number of hydrogen-bond donors (Lipinski definition) is 0. The van der Waals surface area contributed by atoms with Gasteiger partial charge in [-0.1, -0.05) is 40.2 Å². The van der Waals surface area contributed by atoms with Crippen molar-refractivity contribution in [3.8, 4) is 5.75 Å². The summed E-state index contributed by atoms with van der Waals surface area (Å²) in [6, 6.07) is 12.2. The largest absolute Gasteiger partial charge is 0.488 e. The van der Waals surface area contributed by atoms with Crippen LogP contribution in [0.4, 0.5) is 0 Å². The van der Waals surface area contributed by atoms with E-state index in [-0.39, 0.29) is 0 Å².